The largest absolute Gasteiger partial charge is 0.123 e. The second-order valence-electron chi connectivity index (χ2n) is 5.22. The average Bonchev–Trinajstić information content (AvgIpc) is 1.80. The zero-order valence-corrected chi connectivity index (χ0v) is 9.91. The Morgan fingerprint density at radius 3 is 2.00 bits per heavy atom. The van der Waals surface area contributed by atoms with E-state index in [-0.39, 0.29) is 0 Å². The first-order valence-corrected chi connectivity index (χ1v) is 5.39. The summed E-state index contributed by atoms with van der Waals surface area (Å²) in [5.41, 5.74) is 0.476. The van der Waals surface area contributed by atoms with Crippen molar-refractivity contribution in [1.82, 2.24) is 0 Å². The zero-order chi connectivity index (χ0) is 9.78. The SMILES string of the molecule is CC(Cl)CC(C)CCC(C)(C)C. The number of hydrogen-bond acceptors (Lipinski definition) is 0. The molecule has 0 aromatic carbocycles. The van der Waals surface area contributed by atoms with Crippen LogP contribution in [0.4, 0.5) is 0 Å². The molecule has 0 nitrogen and oxygen atoms in total. The molecule has 0 fully saturated rings. The van der Waals surface area contributed by atoms with Crippen LogP contribution in [0.2, 0.25) is 0 Å². The predicted molar refractivity (Wildman–Crippen MR) is 57.8 cm³/mol. The van der Waals surface area contributed by atoms with E-state index in [0.717, 1.165) is 12.3 Å². The fraction of sp³-hybridized carbons (Fsp3) is 1.00. The molecule has 0 saturated carbocycles. The lowest BCUT2D eigenvalue weighted by Crippen LogP contribution is -2.09. The Morgan fingerprint density at radius 2 is 1.67 bits per heavy atom. The molecular formula is C11H23Cl. The van der Waals surface area contributed by atoms with E-state index < -0.39 is 0 Å². The quantitative estimate of drug-likeness (QED) is 0.574. The molecule has 0 rings (SSSR count). The van der Waals surface area contributed by atoms with Gasteiger partial charge in [-0.15, -0.1) is 11.6 Å². The van der Waals surface area contributed by atoms with Gasteiger partial charge in [0.1, 0.15) is 0 Å². The third-order valence-electron chi connectivity index (χ3n) is 2.11. The van der Waals surface area contributed by atoms with Crippen molar-refractivity contribution >= 4 is 11.6 Å². The first kappa shape index (κ1) is 12.3. The standard InChI is InChI=1S/C11H23Cl/c1-9(8-10(2)12)6-7-11(3,4)5/h9-10H,6-8H2,1-5H3. The minimum Gasteiger partial charge on any atom is -0.123 e. The molecule has 0 amide bonds. The Morgan fingerprint density at radius 1 is 1.17 bits per heavy atom. The van der Waals surface area contributed by atoms with Gasteiger partial charge in [-0.2, -0.15) is 0 Å². The molecule has 0 saturated heterocycles. The molecule has 0 heterocycles. The maximum Gasteiger partial charge on any atom is 0.0310 e. The van der Waals surface area contributed by atoms with E-state index in [0.29, 0.717) is 10.8 Å². The second kappa shape index (κ2) is 5.11. The van der Waals surface area contributed by atoms with Gasteiger partial charge < -0.3 is 0 Å². The summed E-state index contributed by atoms with van der Waals surface area (Å²) in [5.74, 6) is 0.775. The summed E-state index contributed by atoms with van der Waals surface area (Å²) in [4.78, 5) is 0. The molecule has 0 aliphatic heterocycles. The summed E-state index contributed by atoms with van der Waals surface area (Å²) in [7, 11) is 0. The average molecular weight is 191 g/mol. The van der Waals surface area contributed by atoms with E-state index in [1.165, 1.54) is 12.8 Å². The zero-order valence-electron chi connectivity index (χ0n) is 9.15. The van der Waals surface area contributed by atoms with Crippen LogP contribution in [0.25, 0.3) is 0 Å². The summed E-state index contributed by atoms with van der Waals surface area (Å²) < 4.78 is 0. The number of rotatable bonds is 4. The Bertz CT molecular complexity index is 111. The molecule has 0 bridgehead atoms. The molecule has 0 aliphatic rings. The molecular weight excluding hydrogens is 168 g/mol. The number of hydrogen-bond donors (Lipinski definition) is 0. The fourth-order valence-corrected chi connectivity index (χ4v) is 1.66. The van der Waals surface area contributed by atoms with Crippen LogP contribution >= 0.6 is 11.6 Å². The van der Waals surface area contributed by atoms with Crippen molar-refractivity contribution in [3.8, 4) is 0 Å². The van der Waals surface area contributed by atoms with Crippen molar-refractivity contribution in [1.29, 1.82) is 0 Å². The first-order chi connectivity index (χ1) is 5.31. The highest BCUT2D eigenvalue weighted by Crippen LogP contribution is 2.25. The third kappa shape index (κ3) is 8.39. The summed E-state index contributed by atoms with van der Waals surface area (Å²) in [6, 6.07) is 0. The van der Waals surface area contributed by atoms with Crippen molar-refractivity contribution in [3.63, 3.8) is 0 Å². The highest BCUT2D eigenvalue weighted by atomic mass is 35.5. The minimum absolute atomic E-state index is 0.333. The molecule has 0 aliphatic carbocycles. The van der Waals surface area contributed by atoms with E-state index in [1.54, 1.807) is 0 Å². The maximum atomic E-state index is 5.92. The van der Waals surface area contributed by atoms with Crippen LogP contribution < -0.4 is 0 Å². The lowest BCUT2D eigenvalue weighted by Gasteiger charge is -2.21. The molecule has 0 aromatic heterocycles. The van der Waals surface area contributed by atoms with Crippen LogP contribution in [-0.4, -0.2) is 5.38 Å². The summed E-state index contributed by atoms with van der Waals surface area (Å²) in [6.45, 7) is 11.3. The maximum absolute atomic E-state index is 5.92. The molecule has 0 spiro atoms. The van der Waals surface area contributed by atoms with Crippen molar-refractivity contribution < 1.29 is 0 Å². The van der Waals surface area contributed by atoms with Gasteiger partial charge >= 0.3 is 0 Å². The summed E-state index contributed by atoms with van der Waals surface area (Å²) >= 11 is 5.92. The Hall–Kier alpha value is 0.290. The van der Waals surface area contributed by atoms with Crippen molar-refractivity contribution in [3.05, 3.63) is 0 Å². The van der Waals surface area contributed by atoms with E-state index in [1.807, 2.05) is 0 Å². The van der Waals surface area contributed by atoms with Gasteiger partial charge in [-0.05, 0) is 31.1 Å². The molecule has 0 aromatic rings. The topological polar surface area (TPSA) is 0 Å². The Labute approximate surface area is 82.7 Å². The smallest absolute Gasteiger partial charge is 0.0310 e. The third-order valence-corrected chi connectivity index (χ3v) is 2.29. The van der Waals surface area contributed by atoms with Gasteiger partial charge in [0, 0.05) is 5.38 Å². The van der Waals surface area contributed by atoms with Gasteiger partial charge in [0.05, 0.1) is 0 Å². The molecule has 74 valence electrons. The number of alkyl halides is 1. The second-order valence-corrected chi connectivity index (χ2v) is 5.97. The summed E-state index contributed by atoms with van der Waals surface area (Å²) in [6.07, 6.45) is 3.76. The van der Waals surface area contributed by atoms with Crippen LogP contribution in [-0.2, 0) is 0 Å². The van der Waals surface area contributed by atoms with E-state index in [2.05, 4.69) is 34.6 Å². The fourth-order valence-electron chi connectivity index (χ4n) is 1.35. The normalized spacial score (nSPS) is 17.5. The van der Waals surface area contributed by atoms with E-state index >= 15 is 0 Å². The van der Waals surface area contributed by atoms with Gasteiger partial charge in [0.25, 0.3) is 0 Å². The lowest BCUT2D eigenvalue weighted by atomic mass is 9.86. The predicted octanol–water partition coefficient (Wildman–Crippen LogP) is 4.47. The first-order valence-electron chi connectivity index (χ1n) is 4.95. The Kier molecular flexibility index (Phi) is 5.24. The Balaban J connectivity index is 3.51. The highest BCUT2D eigenvalue weighted by molar-refractivity contribution is 6.20. The minimum atomic E-state index is 0.333. The van der Waals surface area contributed by atoms with Gasteiger partial charge in [-0.3, -0.25) is 0 Å². The van der Waals surface area contributed by atoms with E-state index in [9.17, 15) is 0 Å². The molecule has 2 unspecified atom stereocenters. The van der Waals surface area contributed by atoms with Crippen molar-refractivity contribution in [2.75, 3.05) is 0 Å². The van der Waals surface area contributed by atoms with Crippen LogP contribution in [0.1, 0.15) is 53.9 Å². The molecule has 0 radical (unpaired) electrons. The van der Waals surface area contributed by atoms with Crippen LogP contribution in [0.5, 0.6) is 0 Å². The molecule has 12 heavy (non-hydrogen) atoms. The van der Waals surface area contributed by atoms with Gasteiger partial charge in [-0.1, -0.05) is 34.1 Å². The molecule has 1 heteroatoms. The van der Waals surface area contributed by atoms with Crippen LogP contribution in [0.3, 0.4) is 0 Å². The van der Waals surface area contributed by atoms with Gasteiger partial charge in [0.2, 0.25) is 0 Å². The highest BCUT2D eigenvalue weighted by Gasteiger charge is 2.13. The monoisotopic (exact) mass is 190 g/mol. The van der Waals surface area contributed by atoms with Crippen molar-refractivity contribution in [2.24, 2.45) is 11.3 Å². The van der Waals surface area contributed by atoms with Gasteiger partial charge in [-0.25, -0.2) is 0 Å². The van der Waals surface area contributed by atoms with Crippen molar-refractivity contribution in [2.45, 2.75) is 59.3 Å². The molecule has 2 atom stereocenters. The van der Waals surface area contributed by atoms with Crippen LogP contribution in [0, 0.1) is 11.3 Å². The number of halogens is 1. The lowest BCUT2D eigenvalue weighted by molar-refractivity contribution is 0.323. The van der Waals surface area contributed by atoms with Crippen LogP contribution in [0.15, 0.2) is 0 Å². The molecule has 0 N–H and O–H groups in total. The summed E-state index contributed by atoms with van der Waals surface area (Å²) in [5, 5.41) is 0.333. The van der Waals surface area contributed by atoms with E-state index in [4.69, 9.17) is 11.6 Å². The van der Waals surface area contributed by atoms with Gasteiger partial charge in [0.15, 0.2) is 0 Å².